The highest BCUT2D eigenvalue weighted by Gasteiger charge is 2.36. The minimum absolute atomic E-state index is 0.132. The van der Waals surface area contributed by atoms with Crippen molar-refractivity contribution in [1.29, 1.82) is 0 Å². The van der Waals surface area contributed by atoms with E-state index in [4.69, 9.17) is 9.97 Å². The molecule has 1 aliphatic carbocycles. The predicted octanol–water partition coefficient (Wildman–Crippen LogP) is 15.5. The summed E-state index contributed by atoms with van der Waals surface area (Å²) in [6.07, 6.45) is 0. The molecular formula is C55H37N3S2. The summed E-state index contributed by atoms with van der Waals surface area (Å²) in [6.45, 7) is 4.73. The molecule has 0 aliphatic heterocycles. The van der Waals surface area contributed by atoms with Crippen molar-refractivity contribution >= 4 is 54.7 Å². The van der Waals surface area contributed by atoms with Crippen LogP contribution in [0, 0.1) is 0 Å². The first-order valence-electron chi connectivity index (χ1n) is 20.4. The molecule has 0 atom stereocenters. The van der Waals surface area contributed by atoms with Crippen molar-refractivity contribution in [2.45, 2.75) is 19.3 Å². The molecule has 7 aromatic carbocycles. The Bertz CT molecular complexity index is 3370. The van der Waals surface area contributed by atoms with E-state index in [1.165, 1.54) is 69.6 Å². The van der Waals surface area contributed by atoms with Crippen LogP contribution < -0.4 is 0 Å². The van der Waals surface area contributed by atoms with Crippen molar-refractivity contribution in [1.82, 2.24) is 14.5 Å². The average molecular weight is 804 g/mol. The van der Waals surface area contributed by atoms with Crippen LogP contribution in [0.4, 0.5) is 0 Å². The Morgan fingerprint density at radius 3 is 1.82 bits per heavy atom. The number of pyridine rings is 1. The topological polar surface area (TPSA) is 30.7 Å². The number of para-hydroxylation sites is 1. The summed E-state index contributed by atoms with van der Waals surface area (Å²) in [5.41, 5.74) is 17.4. The van der Waals surface area contributed by atoms with E-state index < -0.39 is 0 Å². The number of fused-ring (bicyclic) bond motifs is 7. The van der Waals surface area contributed by atoms with Crippen molar-refractivity contribution in [3.05, 3.63) is 199 Å². The van der Waals surface area contributed by atoms with Crippen LogP contribution in [-0.2, 0) is 5.41 Å². The molecule has 284 valence electrons. The van der Waals surface area contributed by atoms with Gasteiger partial charge in [-0.1, -0.05) is 135 Å². The van der Waals surface area contributed by atoms with Gasteiger partial charge in [0.1, 0.15) is 5.01 Å². The number of aromatic nitrogens is 3. The zero-order valence-electron chi connectivity index (χ0n) is 33.1. The van der Waals surface area contributed by atoms with Gasteiger partial charge in [-0.05, 0) is 100 Å². The molecule has 11 aromatic rings. The van der Waals surface area contributed by atoms with Crippen LogP contribution in [0.2, 0.25) is 0 Å². The van der Waals surface area contributed by atoms with Crippen molar-refractivity contribution in [3.63, 3.8) is 0 Å². The van der Waals surface area contributed by atoms with Gasteiger partial charge >= 0.3 is 0 Å². The first kappa shape index (κ1) is 35.1. The first-order valence-corrected chi connectivity index (χ1v) is 22.0. The van der Waals surface area contributed by atoms with E-state index in [0.717, 1.165) is 44.3 Å². The van der Waals surface area contributed by atoms with Crippen molar-refractivity contribution in [3.8, 4) is 70.8 Å². The Morgan fingerprint density at radius 2 is 1.07 bits per heavy atom. The highest BCUT2D eigenvalue weighted by molar-refractivity contribution is 7.21. The highest BCUT2D eigenvalue weighted by Crippen LogP contribution is 2.51. The van der Waals surface area contributed by atoms with E-state index in [0.29, 0.717) is 0 Å². The molecule has 0 spiro atoms. The summed E-state index contributed by atoms with van der Waals surface area (Å²) in [6, 6.07) is 68.3. The molecule has 0 N–H and O–H groups in total. The molecular weight excluding hydrogens is 767 g/mol. The number of thiophene rings is 1. The SMILES string of the molecule is CC1(C)c2ccccc2-c2cc3c4cc(-c5ccc(-c6cccc(-c7nc8ccccc8s7)c6)s5)ccc4n(-c4cc(-c5ccccc5)nc(-c5ccccc5)c4)c3cc21. The number of benzene rings is 7. The first-order chi connectivity index (χ1) is 29.5. The molecule has 1 aliphatic rings. The van der Waals surface area contributed by atoms with Gasteiger partial charge in [-0.3, -0.25) is 0 Å². The molecule has 0 saturated carbocycles. The van der Waals surface area contributed by atoms with Gasteiger partial charge in [0.2, 0.25) is 0 Å². The van der Waals surface area contributed by atoms with Crippen LogP contribution in [0.15, 0.2) is 188 Å². The van der Waals surface area contributed by atoms with Gasteiger partial charge in [0.15, 0.2) is 0 Å². The van der Waals surface area contributed by atoms with Crippen molar-refractivity contribution in [2.24, 2.45) is 0 Å². The fraction of sp³-hybridized carbons (Fsp3) is 0.0545. The minimum Gasteiger partial charge on any atom is -0.309 e. The lowest BCUT2D eigenvalue weighted by molar-refractivity contribution is 0.661. The summed E-state index contributed by atoms with van der Waals surface area (Å²) in [5, 5.41) is 3.53. The van der Waals surface area contributed by atoms with E-state index in [2.05, 4.69) is 206 Å². The fourth-order valence-corrected chi connectivity index (χ4v) is 11.2. The van der Waals surface area contributed by atoms with Crippen LogP contribution >= 0.6 is 22.7 Å². The Morgan fingerprint density at radius 1 is 0.433 bits per heavy atom. The van der Waals surface area contributed by atoms with Gasteiger partial charge in [-0.15, -0.1) is 22.7 Å². The number of hydrogen-bond acceptors (Lipinski definition) is 4. The smallest absolute Gasteiger partial charge is 0.124 e. The molecule has 0 bridgehead atoms. The molecule has 12 rings (SSSR count). The molecule has 0 amide bonds. The zero-order valence-corrected chi connectivity index (χ0v) is 34.7. The van der Waals surface area contributed by atoms with Crippen LogP contribution in [0.5, 0.6) is 0 Å². The molecule has 0 saturated heterocycles. The van der Waals surface area contributed by atoms with Crippen LogP contribution in [0.1, 0.15) is 25.0 Å². The van der Waals surface area contributed by atoms with Crippen LogP contribution in [-0.4, -0.2) is 14.5 Å². The molecule has 3 nitrogen and oxygen atoms in total. The molecule has 4 heterocycles. The Kier molecular flexibility index (Phi) is 7.93. The second-order valence-corrected chi connectivity index (χ2v) is 18.3. The van der Waals surface area contributed by atoms with E-state index in [1.807, 2.05) is 11.3 Å². The molecule has 60 heavy (non-hydrogen) atoms. The normalized spacial score (nSPS) is 13.0. The predicted molar refractivity (Wildman–Crippen MR) is 254 cm³/mol. The van der Waals surface area contributed by atoms with Crippen molar-refractivity contribution < 1.29 is 0 Å². The third kappa shape index (κ3) is 5.61. The standard InChI is InChI=1S/C55H37N3S2/c1-55(2)44-21-10-9-20-40(44)41-32-43-42-29-37(52-27-26-51(59-52)36-18-13-19-38(28-36)54-57-46-22-11-12-23-53(46)60-54)24-25-49(42)58(50(43)33-45(41)55)39-30-47(34-14-5-3-6-15-34)56-48(31-39)35-16-7-4-8-17-35/h3-33H,1-2H3. The molecule has 4 aromatic heterocycles. The maximum atomic E-state index is 5.25. The number of nitrogens with zero attached hydrogens (tertiary/aromatic N) is 3. The lowest BCUT2D eigenvalue weighted by atomic mass is 9.82. The maximum absolute atomic E-state index is 5.25. The van der Waals surface area contributed by atoms with Crippen molar-refractivity contribution in [2.75, 3.05) is 0 Å². The fourth-order valence-electron chi connectivity index (χ4n) is 9.25. The van der Waals surface area contributed by atoms with E-state index >= 15 is 0 Å². The maximum Gasteiger partial charge on any atom is 0.124 e. The molecule has 5 heteroatoms. The van der Waals surface area contributed by atoms with Gasteiger partial charge < -0.3 is 4.57 Å². The van der Waals surface area contributed by atoms with Crippen LogP contribution in [0.3, 0.4) is 0 Å². The molecule has 0 unspecified atom stereocenters. The van der Waals surface area contributed by atoms with Gasteiger partial charge in [-0.2, -0.15) is 0 Å². The summed E-state index contributed by atoms with van der Waals surface area (Å²) >= 11 is 3.59. The molecule has 0 fully saturated rings. The minimum atomic E-state index is -0.132. The van der Waals surface area contributed by atoms with Gasteiger partial charge in [-0.25, -0.2) is 9.97 Å². The quantitative estimate of drug-likeness (QED) is 0.168. The Hall–Kier alpha value is -6.92. The summed E-state index contributed by atoms with van der Waals surface area (Å²) in [4.78, 5) is 12.7. The third-order valence-electron chi connectivity index (χ3n) is 12.3. The molecule has 0 radical (unpaired) electrons. The van der Waals surface area contributed by atoms with Crippen LogP contribution in [0.25, 0.3) is 103 Å². The lowest BCUT2D eigenvalue weighted by Crippen LogP contribution is -2.15. The third-order valence-corrected chi connectivity index (χ3v) is 14.5. The Labute approximate surface area is 356 Å². The monoisotopic (exact) mass is 803 g/mol. The lowest BCUT2D eigenvalue weighted by Gasteiger charge is -2.21. The number of thiazole rings is 1. The summed E-state index contributed by atoms with van der Waals surface area (Å²) in [7, 11) is 0. The summed E-state index contributed by atoms with van der Waals surface area (Å²) < 4.78 is 3.69. The van der Waals surface area contributed by atoms with Gasteiger partial charge in [0.05, 0.1) is 38.3 Å². The van der Waals surface area contributed by atoms with Gasteiger partial charge in [0.25, 0.3) is 0 Å². The second-order valence-electron chi connectivity index (χ2n) is 16.2. The number of rotatable bonds is 6. The largest absolute Gasteiger partial charge is 0.309 e. The second kappa shape index (κ2) is 13.6. The number of hydrogen-bond donors (Lipinski definition) is 0. The summed E-state index contributed by atoms with van der Waals surface area (Å²) in [5.74, 6) is 0. The van der Waals surface area contributed by atoms with Gasteiger partial charge in [0, 0.05) is 42.6 Å². The van der Waals surface area contributed by atoms with E-state index in [1.54, 1.807) is 11.3 Å². The zero-order chi connectivity index (χ0) is 40.0. The Balaban J connectivity index is 1.04. The van der Waals surface area contributed by atoms with E-state index in [9.17, 15) is 0 Å². The average Bonchev–Trinajstić information content (AvgIpc) is 4.09. The van der Waals surface area contributed by atoms with E-state index in [-0.39, 0.29) is 5.41 Å². The highest BCUT2D eigenvalue weighted by atomic mass is 32.1.